The number of nitrogens with one attached hydrogen (secondary N) is 2. The number of oxazole rings is 1. The van der Waals surface area contributed by atoms with E-state index in [-0.39, 0.29) is 44.1 Å². The Morgan fingerprint density at radius 3 is 2.85 bits per heavy atom. The van der Waals surface area contributed by atoms with Crippen LogP contribution >= 0.6 is 0 Å². The summed E-state index contributed by atoms with van der Waals surface area (Å²) in [5.74, 6) is -2.34. The number of aromatic nitrogens is 2. The number of anilines is 1. The van der Waals surface area contributed by atoms with Crippen molar-refractivity contribution in [3.05, 3.63) is 78.2 Å². The number of hydrogen-bond donors (Lipinski definition) is 3. The number of ether oxygens (including phenoxy) is 2. The molecule has 1 saturated heterocycles. The van der Waals surface area contributed by atoms with E-state index in [0.717, 1.165) is 6.26 Å². The monoisotopic (exact) mass is 667 g/mol. The molecule has 4 rings (SSSR count). The highest BCUT2D eigenvalue weighted by atomic mass is 19.1. The largest absolute Gasteiger partial charge is 0.460 e. The molecule has 2 bridgehead atoms. The van der Waals surface area contributed by atoms with Crippen LogP contribution in [0, 0.1) is 11.8 Å². The van der Waals surface area contributed by atoms with Gasteiger partial charge in [0.05, 0.1) is 19.1 Å². The summed E-state index contributed by atoms with van der Waals surface area (Å²) in [5, 5.41) is 15.6. The number of cyclic esters (lactones) is 1. The van der Waals surface area contributed by atoms with Crippen LogP contribution in [-0.4, -0.2) is 88.0 Å². The van der Waals surface area contributed by atoms with Gasteiger partial charge < -0.3 is 29.2 Å². The summed E-state index contributed by atoms with van der Waals surface area (Å²) in [4.78, 5) is 61.6. The minimum Gasteiger partial charge on any atom is -0.460 e. The first-order valence-electron chi connectivity index (χ1n) is 15.9. The first kappa shape index (κ1) is 36.0. The van der Waals surface area contributed by atoms with Crippen LogP contribution in [0.5, 0.6) is 0 Å². The third-order valence-corrected chi connectivity index (χ3v) is 7.93. The third kappa shape index (κ3) is 10.6. The number of alkyl halides is 1. The Kier molecular flexibility index (Phi) is 13.0. The van der Waals surface area contributed by atoms with Crippen LogP contribution < -0.4 is 10.6 Å². The topological polar surface area (TPSA) is 173 Å². The molecule has 2 aromatic rings. The van der Waals surface area contributed by atoms with E-state index in [4.69, 9.17) is 13.9 Å². The van der Waals surface area contributed by atoms with Crippen molar-refractivity contribution in [1.29, 1.82) is 0 Å². The molecule has 13 nitrogen and oxygen atoms in total. The maximum absolute atomic E-state index is 14.8. The fraction of sp³-hybridized carbons (Fsp3) is 0.471. The van der Waals surface area contributed by atoms with Crippen molar-refractivity contribution in [1.82, 2.24) is 20.2 Å². The molecule has 0 aromatic carbocycles. The molecule has 3 amide bonds. The Hall–Kier alpha value is -4.85. The summed E-state index contributed by atoms with van der Waals surface area (Å²) >= 11 is 0. The zero-order valence-corrected chi connectivity index (χ0v) is 27.2. The van der Waals surface area contributed by atoms with Crippen LogP contribution in [0.1, 0.15) is 56.4 Å². The minimum absolute atomic E-state index is 0.00677. The highest BCUT2D eigenvalue weighted by molar-refractivity contribution is 5.95. The molecule has 2 aromatic heterocycles. The first-order chi connectivity index (χ1) is 23.0. The first-order valence-corrected chi connectivity index (χ1v) is 15.9. The summed E-state index contributed by atoms with van der Waals surface area (Å²) in [5.41, 5.74) is 0.599. The Labute approximate surface area is 278 Å². The van der Waals surface area contributed by atoms with E-state index in [1.165, 1.54) is 23.2 Å². The molecule has 0 saturated carbocycles. The van der Waals surface area contributed by atoms with Crippen LogP contribution in [0.25, 0.3) is 0 Å². The molecule has 0 aliphatic carbocycles. The summed E-state index contributed by atoms with van der Waals surface area (Å²) in [6, 6.07) is 4.10. The number of halogens is 1. The van der Waals surface area contributed by atoms with Gasteiger partial charge in [-0.2, -0.15) is 0 Å². The number of aliphatic hydroxyl groups excluding tert-OH is 1. The van der Waals surface area contributed by atoms with Gasteiger partial charge in [-0.1, -0.05) is 49.8 Å². The van der Waals surface area contributed by atoms with Gasteiger partial charge in [0, 0.05) is 37.5 Å². The molecule has 258 valence electrons. The van der Waals surface area contributed by atoms with Crippen molar-refractivity contribution >= 4 is 29.7 Å². The smallest absolute Gasteiger partial charge is 0.412 e. The van der Waals surface area contributed by atoms with E-state index in [9.17, 15) is 28.7 Å². The Morgan fingerprint density at radius 1 is 1.27 bits per heavy atom. The average molecular weight is 668 g/mol. The second-order valence-corrected chi connectivity index (χ2v) is 12.0. The van der Waals surface area contributed by atoms with Gasteiger partial charge in [0.1, 0.15) is 30.4 Å². The lowest BCUT2D eigenvalue weighted by Gasteiger charge is -2.30. The molecule has 0 spiro atoms. The molecule has 3 N–H and O–H groups in total. The van der Waals surface area contributed by atoms with Crippen LogP contribution in [0.2, 0.25) is 0 Å². The Balaban J connectivity index is 1.54. The second kappa shape index (κ2) is 17.3. The number of pyridine rings is 1. The Bertz CT molecular complexity index is 1510. The van der Waals surface area contributed by atoms with Gasteiger partial charge in [0.25, 0.3) is 5.91 Å². The highest BCUT2D eigenvalue weighted by Crippen LogP contribution is 2.26. The number of hydrogen-bond acceptors (Lipinski definition) is 10. The molecule has 2 aliphatic rings. The number of nitrogens with zero attached hydrogens (tertiary/aromatic N) is 3. The van der Waals surface area contributed by atoms with Crippen LogP contribution in [-0.2, 0) is 25.5 Å². The zero-order valence-electron chi connectivity index (χ0n) is 27.2. The maximum atomic E-state index is 14.8. The molecule has 6 unspecified atom stereocenters. The summed E-state index contributed by atoms with van der Waals surface area (Å²) in [6.45, 7) is 5.58. The van der Waals surface area contributed by atoms with Crippen molar-refractivity contribution in [2.24, 2.45) is 11.8 Å². The molecular weight excluding hydrogens is 625 g/mol. The van der Waals surface area contributed by atoms with Crippen molar-refractivity contribution in [2.75, 3.05) is 25.0 Å². The van der Waals surface area contributed by atoms with E-state index >= 15 is 0 Å². The summed E-state index contributed by atoms with van der Waals surface area (Å²) in [6.07, 6.45) is 6.72. The van der Waals surface area contributed by atoms with Gasteiger partial charge in [-0.3, -0.25) is 14.9 Å². The average Bonchev–Trinajstić information content (AvgIpc) is 3.73. The quantitative estimate of drug-likeness (QED) is 0.406. The van der Waals surface area contributed by atoms with Crippen molar-refractivity contribution < 1.29 is 42.6 Å². The van der Waals surface area contributed by atoms with Crippen molar-refractivity contribution in [3.63, 3.8) is 0 Å². The summed E-state index contributed by atoms with van der Waals surface area (Å²) in [7, 11) is 0. The van der Waals surface area contributed by atoms with E-state index in [0.29, 0.717) is 24.2 Å². The lowest BCUT2D eigenvalue weighted by atomic mass is 9.93. The van der Waals surface area contributed by atoms with Gasteiger partial charge in [0.2, 0.25) is 5.91 Å². The SMILES string of the molecule is CC1=CC(O)CC(F)Cc2nc(co2)C(=O)N2CCCC2C(=O)OC(C(C)COC(=O)Nc2ccccn2)C(C)/C=C/C(=O)NCC=C1. The number of aliphatic hydroxyl groups is 1. The highest BCUT2D eigenvalue weighted by Gasteiger charge is 2.39. The standard InChI is InChI=1S/C34H42FN5O8/c1-21-8-6-14-37-29(42)12-11-22(2)31(23(3)19-47-34(45)39-28-10-4-5-13-36-28)48-33(44)27-9-7-15-40(27)32(43)26-20-46-30(38-26)18-24(35)17-25(41)16-21/h4-6,8,10-13,16,20,22-25,27,31,41H,7,9,14-15,17-19H2,1-3H3,(H,37,42)(H,36,39,45)/b8-6?,12-11+,21-16?. The van der Waals surface area contributed by atoms with E-state index < -0.39 is 60.1 Å². The van der Waals surface area contributed by atoms with Crippen molar-refractivity contribution in [3.8, 4) is 0 Å². The number of amides is 3. The van der Waals surface area contributed by atoms with Gasteiger partial charge >= 0.3 is 12.1 Å². The molecule has 6 atom stereocenters. The molecule has 0 radical (unpaired) electrons. The fourth-order valence-electron chi connectivity index (χ4n) is 5.51. The second-order valence-electron chi connectivity index (χ2n) is 12.0. The zero-order chi connectivity index (χ0) is 34.6. The molecule has 48 heavy (non-hydrogen) atoms. The van der Waals surface area contributed by atoms with Crippen LogP contribution in [0.3, 0.4) is 0 Å². The Morgan fingerprint density at radius 2 is 2.08 bits per heavy atom. The number of esters is 1. The number of rotatable bonds is 4. The van der Waals surface area contributed by atoms with Gasteiger partial charge in [-0.05, 0) is 38.0 Å². The predicted molar refractivity (Wildman–Crippen MR) is 172 cm³/mol. The molecule has 14 heteroatoms. The lowest BCUT2D eigenvalue weighted by Crippen LogP contribution is -2.44. The van der Waals surface area contributed by atoms with Crippen LogP contribution in [0.4, 0.5) is 15.0 Å². The maximum Gasteiger partial charge on any atom is 0.412 e. The normalized spacial score (nSPS) is 26.0. The molecule has 1 fully saturated rings. The minimum atomic E-state index is -1.50. The van der Waals surface area contributed by atoms with Crippen LogP contribution in [0.15, 0.2) is 71.0 Å². The molecular formula is C34H42FN5O8. The predicted octanol–water partition coefficient (Wildman–Crippen LogP) is 3.93. The van der Waals surface area contributed by atoms with Crippen molar-refractivity contribution in [2.45, 2.75) is 70.9 Å². The number of carbonyl (C=O) groups excluding carboxylic acids is 4. The lowest BCUT2D eigenvalue weighted by molar-refractivity contribution is -0.159. The van der Waals surface area contributed by atoms with E-state index in [1.54, 1.807) is 57.2 Å². The van der Waals surface area contributed by atoms with Gasteiger partial charge in [0.15, 0.2) is 11.6 Å². The number of allylic oxidation sites excluding steroid dienone is 2. The number of fused-ring (bicyclic) bond motifs is 3. The summed E-state index contributed by atoms with van der Waals surface area (Å²) < 4.78 is 31.5. The fourth-order valence-corrected chi connectivity index (χ4v) is 5.51. The third-order valence-electron chi connectivity index (χ3n) is 7.93. The van der Waals surface area contributed by atoms with Gasteiger partial charge in [-0.25, -0.2) is 23.9 Å². The van der Waals surface area contributed by atoms with E-state index in [1.807, 2.05) is 0 Å². The molecule has 4 heterocycles. The molecule has 2 aliphatic heterocycles. The number of carbonyl (C=O) groups is 4. The van der Waals surface area contributed by atoms with Gasteiger partial charge in [-0.15, -0.1) is 0 Å². The van der Waals surface area contributed by atoms with E-state index in [2.05, 4.69) is 20.6 Å².